The molecule has 0 aliphatic carbocycles. The Morgan fingerprint density at radius 2 is 1.93 bits per heavy atom. The molecule has 1 atom stereocenters. The molecule has 0 radical (unpaired) electrons. The summed E-state index contributed by atoms with van der Waals surface area (Å²) in [4.78, 5) is 43.7. The highest BCUT2D eigenvalue weighted by molar-refractivity contribution is 6.12. The molecule has 0 saturated carbocycles. The molecule has 8 heteroatoms. The predicted molar refractivity (Wildman–Crippen MR) is 106 cm³/mol. The molecule has 2 fully saturated rings. The van der Waals surface area contributed by atoms with E-state index in [1.165, 1.54) is 34.8 Å². The first kappa shape index (κ1) is 19.8. The Kier molecular flexibility index (Phi) is 5.80. The van der Waals surface area contributed by atoms with Crippen LogP contribution in [-0.4, -0.2) is 72.8 Å². The fourth-order valence-electron chi connectivity index (χ4n) is 4.53. The number of amides is 3. The largest absolute Gasteiger partial charge is 0.355 e. The van der Waals surface area contributed by atoms with Crippen LogP contribution in [0, 0.1) is 5.82 Å². The van der Waals surface area contributed by atoms with Crippen molar-refractivity contribution in [1.82, 2.24) is 15.1 Å². The molecule has 1 N–H and O–H groups in total. The molecule has 3 amide bonds. The van der Waals surface area contributed by atoms with Gasteiger partial charge >= 0.3 is 0 Å². The Morgan fingerprint density at radius 3 is 2.72 bits per heavy atom. The molecule has 3 aliphatic heterocycles. The number of carbonyl (C=O) groups excluding carboxylic acids is 3. The Labute approximate surface area is 169 Å². The molecular weight excluding hydrogens is 375 g/mol. The van der Waals surface area contributed by atoms with Crippen molar-refractivity contribution in [2.24, 2.45) is 0 Å². The van der Waals surface area contributed by atoms with Crippen LogP contribution >= 0.6 is 0 Å². The molecule has 2 saturated heterocycles. The minimum absolute atomic E-state index is 0.143. The third-order valence-corrected chi connectivity index (χ3v) is 6.02. The molecule has 0 aromatic heterocycles. The van der Waals surface area contributed by atoms with Gasteiger partial charge in [-0.3, -0.25) is 14.4 Å². The average molecular weight is 402 g/mol. The fraction of sp³-hybridized carbons (Fsp3) is 0.571. The number of rotatable bonds is 6. The van der Waals surface area contributed by atoms with Gasteiger partial charge in [0.05, 0.1) is 11.3 Å². The summed E-state index contributed by atoms with van der Waals surface area (Å²) in [7, 11) is 0. The van der Waals surface area contributed by atoms with Gasteiger partial charge in [-0.05, 0) is 69.9 Å². The van der Waals surface area contributed by atoms with Crippen molar-refractivity contribution in [3.8, 4) is 0 Å². The monoisotopic (exact) mass is 402 g/mol. The van der Waals surface area contributed by atoms with E-state index in [1.54, 1.807) is 0 Å². The highest BCUT2D eigenvalue weighted by atomic mass is 19.1. The van der Waals surface area contributed by atoms with Gasteiger partial charge in [-0.15, -0.1) is 0 Å². The summed E-state index contributed by atoms with van der Waals surface area (Å²) in [5.74, 6) is -1.42. The number of nitrogens with one attached hydrogen (secondary N) is 1. The summed E-state index contributed by atoms with van der Waals surface area (Å²) >= 11 is 0. The minimum atomic E-state index is -0.582. The third kappa shape index (κ3) is 4.12. The van der Waals surface area contributed by atoms with Crippen LogP contribution in [0.5, 0.6) is 0 Å². The normalized spacial score (nSPS) is 21.9. The number of benzene rings is 1. The lowest BCUT2D eigenvalue weighted by Gasteiger charge is -2.25. The maximum Gasteiger partial charge on any atom is 0.256 e. The van der Waals surface area contributed by atoms with Gasteiger partial charge in [0, 0.05) is 13.1 Å². The van der Waals surface area contributed by atoms with Gasteiger partial charge in [-0.25, -0.2) is 4.39 Å². The lowest BCUT2D eigenvalue weighted by atomic mass is 10.1. The van der Waals surface area contributed by atoms with Crippen molar-refractivity contribution in [3.63, 3.8) is 0 Å². The summed E-state index contributed by atoms with van der Waals surface area (Å²) in [6.45, 7) is 4.05. The highest BCUT2D eigenvalue weighted by Crippen LogP contribution is 2.32. The van der Waals surface area contributed by atoms with Crippen molar-refractivity contribution >= 4 is 23.4 Å². The molecule has 0 bridgehead atoms. The maximum atomic E-state index is 13.8. The van der Waals surface area contributed by atoms with Crippen molar-refractivity contribution in [1.29, 1.82) is 0 Å². The van der Waals surface area contributed by atoms with Crippen LogP contribution in [0.2, 0.25) is 0 Å². The lowest BCUT2D eigenvalue weighted by Crippen LogP contribution is -2.48. The van der Waals surface area contributed by atoms with E-state index < -0.39 is 11.9 Å². The fourth-order valence-corrected chi connectivity index (χ4v) is 4.53. The van der Waals surface area contributed by atoms with E-state index in [0.717, 1.165) is 38.5 Å². The van der Waals surface area contributed by atoms with Crippen molar-refractivity contribution in [2.45, 2.75) is 38.1 Å². The average Bonchev–Trinajstić information content (AvgIpc) is 3.39. The van der Waals surface area contributed by atoms with E-state index in [9.17, 15) is 18.8 Å². The SMILES string of the molecule is O=C(CN1C(=O)[C@H]2CCCN2C(=O)c2cc(F)ccc21)NCCCN1CCCC1. The number of hydrogen-bond donors (Lipinski definition) is 1. The summed E-state index contributed by atoms with van der Waals surface area (Å²) in [5.41, 5.74) is 0.451. The molecule has 0 spiro atoms. The molecule has 29 heavy (non-hydrogen) atoms. The van der Waals surface area contributed by atoms with Crippen molar-refractivity contribution < 1.29 is 18.8 Å². The standard InChI is InChI=1S/C21H27FN4O3/c22-15-6-7-17-16(13-15)20(28)25-12-3-5-18(25)21(29)26(17)14-19(27)23-8-4-11-24-9-1-2-10-24/h6-7,13,18H,1-5,8-12,14H2,(H,23,27)/t18-/m1/s1. The summed E-state index contributed by atoms with van der Waals surface area (Å²) < 4.78 is 13.8. The first-order chi connectivity index (χ1) is 14.0. The summed E-state index contributed by atoms with van der Waals surface area (Å²) in [6.07, 6.45) is 4.62. The van der Waals surface area contributed by atoms with E-state index >= 15 is 0 Å². The first-order valence-corrected chi connectivity index (χ1v) is 10.5. The van der Waals surface area contributed by atoms with Gasteiger partial charge in [-0.2, -0.15) is 0 Å². The first-order valence-electron chi connectivity index (χ1n) is 10.5. The van der Waals surface area contributed by atoms with Crippen LogP contribution in [0.4, 0.5) is 10.1 Å². The van der Waals surface area contributed by atoms with Gasteiger partial charge in [0.2, 0.25) is 11.8 Å². The zero-order valence-corrected chi connectivity index (χ0v) is 16.5. The molecular formula is C21H27FN4O3. The number of anilines is 1. The Balaban J connectivity index is 1.44. The van der Waals surface area contributed by atoms with Crippen LogP contribution in [0.3, 0.4) is 0 Å². The quantitative estimate of drug-likeness (QED) is 0.730. The van der Waals surface area contributed by atoms with E-state index in [-0.39, 0.29) is 29.8 Å². The maximum absolute atomic E-state index is 13.8. The Morgan fingerprint density at radius 1 is 1.14 bits per heavy atom. The number of nitrogens with zero attached hydrogens (tertiary/aromatic N) is 3. The number of hydrogen-bond acceptors (Lipinski definition) is 4. The topological polar surface area (TPSA) is 73.0 Å². The van der Waals surface area contributed by atoms with Crippen LogP contribution in [-0.2, 0) is 9.59 Å². The zero-order chi connectivity index (χ0) is 20.4. The summed E-state index contributed by atoms with van der Waals surface area (Å²) in [5, 5.41) is 2.88. The highest BCUT2D eigenvalue weighted by Gasteiger charge is 2.42. The molecule has 3 aliphatic rings. The van der Waals surface area contributed by atoms with Gasteiger partial charge in [0.25, 0.3) is 5.91 Å². The smallest absolute Gasteiger partial charge is 0.256 e. The number of halogens is 1. The van der Waals surface area contributed by atoms with Gasteiger partial charge in [0.1, 0.15) is 18.4 Å². The van der Waals surface area contributed by atoms with Crippen LogP contribution in [0.25, 0.3) is 0 Å². The van der Waals surface area contributed by atoms with Gasteiger partial charge in [-0.1, -0.05) is 0 Å². The van der Waals surface area contributed by atoms with Crippen LogP contribution in [0.15, 0.2) is 18.2 Å². The van der Waals surface area contributed by atoms with Crippen molar-refractivity contribution in [3.05, 3.63) is 29.6 Å². The van der Waals surface area contributed by atoms with E-state index in [1.807, 2.05) is 0 Å². The van der Waals surface area contributed by atoms with E-state index in [0.29, 0.717) is 25.2 Å². The Bertz CT molecular complexity index is 809. The Hall–Kier alpha value is -2.48. The second-order valence-electron chi connectivity index (χ2n) is 7.99. The zero-order valence-electron chi connectivity index (χ0n) is 16.5. The molecule has 3 heterocycles. The third-order valence-electron chi connectivity index (χ3n) is 6.02. The van der Waals surface area contributed by atoms with Crippen LogP contribution in [0.1, 0.15) is 42.5 Å². The molecule has 4 rings (SSSR count). The number of carbonyl (C=O) groups is 3. The molecule has 1 aromatic carbocycles. The predicted octanol–water partition coefficient (Wildman–Crippen LogP) is 1.38. The summed E-state index contributed by atoms with van der Waals surface area (Å²) in [6, 6.07) is 3.22. The van der Waals surface area contributed by atoms with Crippen molar-refractivity contribution in [2.75, 3.05) is 44.2 Å². The van der Waals surface area contributed by atoms with E-state index in [2.05, 4.69) is 10.2 Å². The minimum Gasteiger partial charge on any atom is -0.355 e. The molecule has 7 nitrogen and oxygen atoms in total. The van der Waals surface area contributed by atoms with Gasteiger partial charge in [0.15, 0.2) is 0 Å². The molecule has 1 aromatic rings. The molecule has 0 unspecified atom stereocenters. The van der Waals surface area contributed by atoms with Crippen LogP contribution < -0.4 is 10.2 Å². The van der Waals surface area contributed by atoms with E-state index in [4.69, 9.17) is 0 Å². The number of likely N-dealkylation sites (tertiary alicyclic amines) is 1. The van der Waals surface area contributed by atoms with Gasteiger partial charge < -0.3 is 20.0 Å². The number of fused-ring (bicyclic) bond motifs is 2. The second kappa shape index (κ2) is 8.49. The molecule has 156 valence electrons. The second-order valence-corrected chi connectivity index (χ2v) is 7.99. The lowest BCUT2D eigenvalue weighted by molar-refractivity contribution is -0.125.